The zero-order valence-electron chi connectivity index (χ0n) is 5.54. The van der Waals surface area contributed by atoms with Crippen LogP contribution in [0.5, 0.6) is 0 Å². The first-order chi connectivity index (χ1) is 5.26. The van der Waals surface area contributed by atoms with Gasteiger partial charge in [0.25, 0.3) is 6.17 Å². The minimum absolute atomic E-state index is 0.524. The summed E-state index contributed by atoms with van der Waals surface area (Å²) in [7, 11) is 0. The highest BCUT2D eigenvalue weighted by Gasteiger charge is 2.64. The first-order valence-electron chi connectivity index (χ1n) is 2.96. The van der Waals surface area contributed by atoms with Crippen molar-refractivity contribution in [2.45, 2.75) is 24.4 Å². The first-order valence-corrected chi connectivity index (χ1v) is 2.96. The van der Waals surface area contributed by atoms with E-state index in [2.05, 4.69) is 4.74 Å². The van der Waals surface area contributed by atoms with Gasteiger partial charge in [-0.15, -0.1) is 0 Å². The van der Waals surface area contributed by atoms with Crippen LogP contribution in [0.3, 0.4) is 0 Å². The van der Waals surface area contributed by atoms with Crippen molar-refractivity contribution in [2.75, 3.05) is 6.61 Å². The SMILES string of the molecule is FC(C(F)(F)F)C(F)(F)C1CO1. The van der Waals surface area contributed by atoms with Gasteiger partial charge in [0, 0.05) is 0 Å². The van der Waals surface area contributed by atoms with Crippen LogP contribution >= 0.6 is 0 Å². The number of halogens is 6. The normalized spacial score (nSPS) is 27.0. The smallest absolute Gasteiger partial charge is 0.366 e. The van der Waals surface area contributed by atoms with Crippen molar-refractivity contribution in [3.63, 3.8) is 0 Å². The van der Waals surface area contributed by atoms with E-state index in [-0.39, 0.29) is 0 Å². The summed E-state index contributed by atoms with van der Waals surface area (Å²) in [5, 5.41) is 0. The summed E-state index contributed by atoms with van der Waals surface area (Å²) in [5.74, 6) is -4.46. The standard InChI is InChI=1S/C5H4F6O/c6-3(5(9,10)11)4(7,8)2-1-12-2/h2-3H,1H2. The Kier molecular flexibility index (Phi) is 2.02. The molecule has 0 aromatic carbocycles. The van der Waals surface area contributed by atoms with Crippen molar-refractivity contribution in [3.8, 4) is 0 Å². The average Bonchev–Trinajstić information content (AvgIpc) is 2.64. The van der Waals surface area contributed by atoms with Gasteiger partial charge in [0.15, 0.2) is 0 Å². The lowest BCUT2D eigenvalue weighted by Gasteiger charge is -2.20. The van der Waals surface area contributed by atoms with Crippen molar-refractivity contribution < 1.29 is 31.1 Å². The molecule has 72 valence electrons. The minimum atomic E-state index is -5.53. The van der Waals surface area contributed by atoms with Gasteiger partial charge < -0.3 is 4.74 Å². The predicted octanol–water partition coefficient (Wildman–Crippen LogP) is 1.92. The van der Waals surface area contributed by atoms with Crippen LogP contribution in [-0.2, 0) is 4.74 Å². The number of ether oxygens (including phenoxy) is 1. The molecular weight excluding hydrogens is 190 g/mol. The maximum absolute atomic E-state index is 12.3. The lowest BCUT2D eigenvalue weighted by atomic mass is 10.1. The fourth-order valence-electron chi connectivity index (χ4n) is 0.652. The third-order valence-electron chi connectivity index (χ3n) is 1.39. The van der Waals surface area contributed by atoms with E-state index < -0.39 is 31.0 Å². The van der Waals surface area contributed by atoms with E-state index in [1.54, 1.807) is 0 Å². The lowest BCUT2D eigenvalue weighted by Crippen LogP contribution is -2.45. The van der Waals surface area contributed by atoms with Crippen LogP contribution < -0.4 is 0 Å². The van der Waals surface area contributed by atoms with Gasteiger partial charge in [0.1, 0.15) is 6.10 Å². The van der Waals surface area contributed by atoms with Crippen LogP contribution in [0, 0.1) is 0 Å². The number of rotatable bonds is 2. The molecule has 1 saturated heterocycles. The monoisotopic (exact) mass is 194 g/mol. The molecule has 1 heterocycles. The van der Waals surface area contributed by atoms with Gasteiger partial charge in [-0.1, -0.05) is 0 Å². The number of epoxide rings is 1. The quantitative estimate of drug-likeness (QED) is 0.483. The van der Waals surface area contributed by atoms with Gasteiger partial charge >= 0.3 is 12.1 Å². The molecule has 0 aromatic heterocycles. The van der Waals surface area contributed by atoms with Gasteiger partial charge in [-0.3, -0.25) is 0 Å². The molecule has 1 aliphatic heterocycles. The van der Waals surface area contributed by atoms with Gasteiger partial charge in [-0.25, -0.2) is 4.39 Å². The molecule has 1 fully saturated rings. The third kappa shape index (κ3) is 1.65. The van der Waals surface area contributed by atoms with E-state index in [0.29, 0.717) is 0 Å². The first kappa shape index (κ1) is 9.63. The second-order valence-corrected chi connectivity index (χ2v) is 2.40. The summed E-state index contributed by atoms with van der Waals surface area (Å²) in [6.07, 6.45) is -11.6. The van der Waals surface area contributed by atoms with Crippen LogP contribution in [0.1, 0.15) is 0 Å². The lowest BCUT2D eigenvalue weighted by molar-refractivity contribution is -0.248. The van der Waals surface area contributed by atoms with Crippen LogP contribution in [0.2, 0.25) is 0 Å². The highest BCUT2D eigenvalue weighted by atomic mass is 19.4. The fourth-order valence-corrected chi connectivity index (χ4v) is 0.652. The Hall–Kier alpha value is -0.460. The molecule has 2 atom stereocenters. The summed E-state index contributed by atoms with van der Waals surface area (Å²) in [5.41, 5.74) is 0. The van der Waals surface area contributed by atoms with E-state index in [9.17, 15) is 26.3 Å². The molecule has 1 aliphatic rings. The highest BCUT2D eigenvalue weighted by molar-refractivity contribution is 4.95. The molecule has 0 N–H and O–H groups in total. The molecule has 0 aromatic rings. The number of hydrogen-bond acceptors (Lipinski definition) is 1. The van der Waals surface area contributed by atoms with Gasteiger partial charge in [-0.2, -0.15) is 22.0 Å². The zero-order chi connectivity index (χ0) is 9.57. The van der Waals surface area contributed by atoms with Crippen LogP contribution in [0.15, 0.2) is 0 Å². The molecular formula is C5H4F6O. The fraction of sp³-hybridized carbons (Fsp3) is 1.00. The van der Waals surface area contributed by atoms with Gasteiger partial charge in [0.2, 0.25) is 0 Å². The Labute approximate surface area is 63.3 Å². The number of hydrogen-bond donors (Lipinski definition) is 0. The minimum Gasteiger partial charge on any atom is -0.366 e. The Morgan fingerprint density at radius 3 is 1.83 bits per heavy atom. The molecule has 0 spiro atoms. The van der Waals surface area contributed by atoms with Crippen molar-refractivity contribution in [1.29, 1.82) is 0 Å². The molecule has 12 heavy (non-hydrogen) atoms. The highest BCUT2D eigenvalue weighted by Crippen LogP contribution is 2.41. The molecule has 0 bridgehead atoms. The molecule has 7 heteroatoms. The zero-order valence-corrected chi connectivity index (χ0v) is 5.54. The molecule has 0 radical (unpaired) electrons. The van der Waals surface area contributed by atoms with Crippen LogP contribution in [0.25, 0.3) is 0 Å². The van der Waals surface area contributed by atoms with Gasteiger partial charge in [-0.05, 0) is 0 Å². The molecule has 0 amide bonds. The second-order valence-electron chi connectivity index (χ2n) is 2.40. The summed E-state index contributed by atoms with van der Waals surface area (Å²) in [6.45, 7) is -0.524. The summed E-state index contributed by atoms with van der Waals surface area (Å²) in [6, 6.07) is 0. The van der Waals surface area contributed by atoms with Gasteiger partial charge in [0.05, 0.1) is 6.61 Å². The van der Waals surface area contributed by atoms with Crippen molar-refractivity contribution in [3.05, 3.63) is 0 Å². The maximum Gasteiger partial charge on any atom is 0.425 e. The largest absolute Gasteiger partial charge is 0.425 e. The molecule has 1 nitrogen and oxygen atoms in total. The summed E-state index contributed by atoms with van der Waals surface area (Å²) < 4.78 is 74.7. The second kappa shape index (κ2) is 2.51. The molecule has 1 rings (SSSR count). The average molecular weight is 194 g/mol. The Morgan fingerprint density at radius 2 is 1.58 bits per heavy atom. The van der Waals surface area contributed by atoms with E-state index in [0.717, 1.165) is 0 Å². The van der Waals surface area contributed by atoms with E-state index in [4.69, 9.17) is 0 Å². The van der Waals surface area contributed by atoms with Crippen molar-refractivity contribution >= 4 is 0 Å². The van der Waals surface area contributed by atoms with Crippen LogP contribution in [-0.4, -0.2) is 31.0 Å². The summed E-state index contributed by atoms with van der Waals surface area (Å²) in [4.78, 5) is 0. The molecule has 0 saturated carbocycles. The Morgan fingerprint density at radius 1 is 1.17 bits per heavy atom. The summed E-state index contributed by atoms with van der Waals surface area (Å²) >= 11 is 0. The Bertz CT molecular complexity index is 171. The molecule has 0 aliphatic carbocycles. The maximum atomic E-state index is 12.3. The predicted molar refractivity (Wildman–Crippen MR) is 25.6 cm³/mol. The van der Waals surface area contributed by atoms with Crippen molar-refractivity contribution in [2.24, 2.45) is 0 Å². The topological polar surface area (TPSA) is 12.5 Å². The van der Waals surface area contributed by atoms with Crippen LogP contribution in [0.4, 0.5) is 26.3 Å². The van der Waals surface area contributed by atoms with Crippen molar-refractivity contribution in [1.82, 2.24) is 0 Å². The van der Waals surface area contributed by atoms with E-state index in [1.165, 1.54) is 0 Å². The molecule has 2 unspecified atom stereocenters. The van der Waals surface area contributed by atoms with E-state index in [1.807, 2.05) is 0 Å². The third-order valence-corrected chi connectivity index (χ3v) is 1.39. The van der Waals surface area contributed by atoms with E-state index >= 15 is 0 Å². The number of alkyl halides is 6. The Balaban J connectivity index is 2.67.